The van der Waals surface area contributed by atoms with Crippen molar-refractivity contribution in [1.82, 2.24) is 9.97 Å². The minimum Gasteiger partial charge on any atom is -0.436 e. The molecule has 4 heterocycles. The molecule has 0 aliphatic heterocycles. The van der Waals surface area contributed by atoms with Crippen LogP contribution in [0.2, 0.25) is 0 Å². The SMILES string of the molecule is c1cc(-c2cnc3c(n2)oc2cccc(-c4cccc(-c5cccc6c5sc5ccccc56)c4)c23)cc(-c2cccc3c2sc2ccccc23)c1. The van der Waals surface area contributed by atoms with Gasteiger partial charge in [0.05, 0.1) is 17.3 Å². The summed E-state index contributed by atoms with van der Waals surface area (Å²) in [7, 11) is 0. The van der Waals surface area contributed by atoms with E-state index >= 15 is 0 Å². The molecular weight excluding hydrogens is 661 g/mol. The molecule has 0 saturated carbocycles. The number of hydrogen-bond donors (Lipinski definition) is 0. The van der Waals surface area contributed by atoms with Crippen LogP contribution in [0.5, 0.6) is 0 Å². The fraction of sp³-hybridized carbons (Fsp3) is 0. The summed E-state index contributed by atoms with van der Waals surface area (Å²) in [4.78, 5) is 10.1. The molecule has 4 aromatic heterocycles. The molecule has 0 spiro atoms. The molecule has 51 heavy (non-hydrogen) atoms. The Balaban J connectivity index is 1.00. The van der Waals surface area contributed by atoms with E-state index in [9.17, 15) is 0 Å². The fourth-order valence-corrected chi connectivity index (χ4v) is 10.1. The van der Waals surface area contributed by atoms with Gasteiger partial charge in [0.2, 0.25) is 5.71 Å². The number of thiophene rings is 2. The van der Waals surface area contributed by atoms with Crippen LogP contribution >= 0.6 is 22.7 Å². The predicted molar refractivity (Wildman–Crippen MR) is 217 cm³/mol. The van der Waals surface area contributed by atoms with E-state index in [1.807, 2.05) is 34.9 Å². The zero-order chi connectivity index (χ0) is 33.5. The summed E-state index contributed by atoms with van der Waals surface area (Å²) in [5.74, 6) is 0. The van der Waals surface area contributed by atoms with Crippen LogP contribution in [0.1, 0.15) is 0 Å². The van der Waals surface area contributed by atoms with Gasteiger partial charge in [-0.25, -0.2) is 9.97 Å². The molecule has 7 aromatic carbocycles. The van der Waals surface area contributed by atoms with Crippen molar-refractivity contribution in [3.63, 3.8) is 0 Å². The monoisotopic (exact) mass is 686 g/mol. The van der Waals surface area contributed by atoms with E-state index in [2.05, 4.69) is 146 Å². The first-order valence-corrected chi connectivity index (χ1v) is 18.6. The highest BCUT2D eigenvalue weighted by atomic mass is 32.1. The molecule has 0 radical (unpaired) electrons. The summed E-state index contributed by atoms with van der Waals surface area (Å²) < 4.78 is 11.6. The molecule has 0 fully saturated rings. The van der Waals surface area contributed by atoms with Crippen LogP contribution < -0.4 is 0 Å². The Hall–Kier alpha value is -6.14. The Bertz CT molecular complexity index is 3170. The number of benzene rings is 7. The van der Waals surface area contributed by atoms with Crippen molar-refractivity contribution in [2.24, 2.45) is 0 Å². The van der Waals surface area contributed by atoms with Gasteiger partial charge in [-0.3, -0.25) is 0 Å². The summed E-state index contributed by atoms with van der Waals surface area (Å²) in [5.41, 5.74) is 10.9. The van der Waals surface area contributed by atoms with E-state index in [0.29, 0.717) is 5.71 Å². The van der Waals surface area contributed by atoms with E-state index in [1.54, 1.807) is 0 Å². The summed E-state index contributed by atoms with van der Waals surface area (Å²) in [6.45, 7) is 0. The Labute approximate surface area is 300 Å². The molecule has 0 saturated heterocycles. The van der Waals surface area contributed by atoms with Crippen LogP contribution in [-0.4, -0.2) is 9.97 Å². The Morgan fingerprint density at radius 1 is 0.451 bits per heavy atom. The molecular formula is C46H26N2OS2. The number of furan rings is 1. The maximum Gasteiger partial charge on any atom is 0.246 e. The van der Waals surface area contributed by atoms with Crippen molar-refractivity contribution in [2.45, 2.75) is 0 Å². The van der Waals surface area contributed by atoms with Crippen molar-refractivity contribution < 1.29 is 4.42 Å². The second kappa shape index (κ2) is 11.2. The maximum atomic E-state index is 6.42. The summed E-state index contributed by atoms with van der Waals surface area (Å²) in [6.07, 6.45) is 1.88. The third kappa shape index (κ3) is 4.49. The molecule has 0 amide bonds. The first kappa shape index (κ1) is 28.7. The largest absolute Gasteiger partial charge is 0.436 e. The summed E-state index contributed by atoms with van der Waals surface area (Å²) >= 11 is 3.70. The molecule has 0 bridgehead atoms. The zero-order valence-electron chi connectivity index (χ0n) is 27.1. The smallest absolute Gasteiger partial charge is 0.246 e. The molecule has 11 rings (SSSR count). The van der Waals surface area contributed by atoms with Crippen LogP contribution in [0.25, 0.3) is 107 Å². The lowest BCUT2D eigenvalue weighted by atomic mass is 9.96. The van der Waals surface area contributed by atoms with Gasteiger partial charge < -0.3 is 4.42 Å². The first-order valence-electron chi connectivity index (χ1n) is 17.0. The number of rotatable bonds is 4. The van der Waals surface area contributed by atoms with Crippen LogP contribution in [0.4, 0.5) is 0 Å². The van der Waals surface area contributed by atoms with Gasteiger partial charge in [-0.15, -0.1) is 22.7 Å². The molecule has 0 aliphatic carbocycles. The van der Waals surface area contributed by atoms with Gasteiger partial charge in [0, 0.05) is 45.9 Å². The molecule has 11 aromatic rings. The third-order valence-electron chi connectivity index (χ3n) is 9.97. The highest BCUT2D eigenvalue weighted by molar-refractivity contribution is 7.26. The number of fused-ring (bicyclic) bond motifs is 9. The molecule has 5 heteroatoms. The van der Waals surface area contributed by atoms with E-state index < -0.39 is 0 Å². The lowest BCUT2D eigenvalue weighted by molar-refractivity contribution is 0.653. The van der Waals surface area contributed by atoms with Crippen LogP contribution in [-0.2, 0) is 0 Å². The second-order valence-electron chi connectivity index (χ2n) is 12.9. The second-order valence-corrected chi connectivity index (χ2v) is 15.0. The first-order chi connectivity index (χ1) is 25.3. The lowest BCUT2D eigenvalue weighted by Crippen LogP contribution is -1.88. The number of aromatic nitrogens is 2. The Kier molecular flexibility index (Phi) is 6.29. The quantitative estimate of drug-likeness (QED) is 0.185. The number of nitrogens with zero attached hydrogens (tertiary/aromatic N) is 2. The highest BCUT2D eigenvalue weighted by Crippen LogP contribution is 2.43. The highest BCUT2D eigenvalue weighted by Gasteiger charge is 2.18. The normalized spacial score (nSPS) is 11.9. The van der Waals surface area contributed by atoms with Gasteiger partial charge in [0.15, 0.2) is 0 Å². The average Bonchev–Trinajstić information content (AvgIpc) is 3.89. The molecule has 3 nitrogen and oxygen atoms in total. The standard InChI is InChI=1S/C46H26N2OS2/c1-3-22-40-34(14-1)36-19-7-17-32(44(36)50-40)28-11-5-10-27(24-28)31-16-9-21-39-42(31)43-46(49-39)48-38(26-47-43)30-13-6-12-29(25-30)33-18-8-20-37-35-15-2-4-23-41(35)51-45(33)37/h1-26H. The Morgan fingerprint density at radius 3 is 1.63 bits per heavy atom. The van der Waals surface area contributed by atoms with E-state index in [1.165, 1.54) is 57.0 Å². The van der Waals surface area contributed by atoms with Gasteiger partial charge in [-0.2, -0.15) is 0 Å². The third-order valence-corrected chi connectivity index (χ3v) is 12.4. The van der Waals surface area contributed by atoms with E-state index in [-0.39, 0.29) is 0 Å². The van der Waals surface area contributed by atoms with Crippen molar-refractivity contribution in [3.8, 4) is 44.6 Å². The number of hydrogen-bond acceptors (Lipinski definition) is 5. The maximum absolute atomic E-state index is 6.42. The van der Waals surface area contributed by atoms with Gasteiger partial charge in [-0.05, 0) is 63.7 Å². The van der Waals surface area contributed by atoms with Gasteiger partial charge in [0.1, 0.15) is 11.1 Å². The van der Waals surface area contributed by atoms with Crippen molar-refractivity contribution >= 4 is 85.2 Å². The topological polar surface area (TPSA) is 38.9 Å². The lowest BCUT2D eigenvalue weighted by Gasteiger charge is -2.08. The van der Waals surface area contributed by atoms with E-state index in [0.717, 1.165) is 44.4 Å². The zero-order valence-corrected chi connectivity index (χ0v) is 28.8. The van der Waals surface area contributed by atoms with Gasteiger partial charge in [-0.1, -0.05) is 121 Å². The van der Waals surface area contributed by atoms with Crippen LogP contribution in [0.3, 0.4) is 0 Å². The predicted octanol–water partition coefficient (Wildman–Crippen LogP) is 13.8. The van der Waals surface area contributed by atoms with Gasteiger partial charge >= 0.3 is 0 Å². The molecule has 238 valence electrons. The molecule has 0 unspecified atom stereocenters. The minimum absolute atomic E-state index is 0.540. The summed E-state index contributed by atoms with van der Waals surface area (Å²) in [6, 6.07) is 54.1. The molecule has 0 N–H and O–H groups in total. The van der Waals surface area contributed by atoms with Crippen molar-refractivity contribution in [1.29, 1.82) is 0 Å². The summed E-state index contributed by atoms with van der Waals surface area (Å²) in [5, 5.41) is 6.18. The Morgan fingerprint density at radius 2 is 0.961 bits per heavy atom. The molecule has 0 atom stereocenters. The van der Waals surface area contributed by atoms with Crippen molar-refractivity contribution in [2.75, 3.05) is 0 Å². The van der Waals surface area contributed by atoms with E-state index in [4.69, 9.17) is 14.4 Å². The van der Waals surface area contributed by atoms with Crippen molar-refractivity contribution in [3.05, 3.63) is 158 Å². The van der Waals surface area contributed by atoms with Crippen LogP contribution in [0.15, 0.2) is 162 Å². The minimum atomic E-state index is 0.540. The molecule has 0 aliphatic rings. The van der Waals surface area contributed by atoms with Crippen LogP contribution in [0, 0.1) is 0 Å². The average molecular weight is 687 g/mol. The van der Waals surface area contributed by atoms with Gasteiger partial charge in [0.25, 0.3) is 0 Å². The fourth-order valence-electron chi connectivity index (χ4n) is 7.61.